The van der Waals surface area contributed by atoms with Gasteiger partial charge in [0.2, 0.25) is 11.2 Å². The van der Waals surface area contributed by atoms with Gasteiger partial charge in [-0.25, -0.2) is 9.59 Å². The molecule has 6 heteroatoms. The molecule has 2 bridgehead atoms. The normalized spacial score (nSPS) is 36.4. The van der Waals surface area contributed by atoms with Crippen LogP contribution in [-0.2, 0) is 28.5 Å². The maximum Gasteiger partial charge on any atom is 0.353 e. The summed E-state index contributed by atoms with van der Waals surface area (Å²) in [6, 6.07) is 0. The second-order valence-corrected chi connectivity index (χ2v) is 9.28. The number of esters is 2. The van der Waals surface area contributed by atoms with Crippen molar-refractivity contribution in [2.45, 2.75) is 120 Å². The maximum atomic E-state index is 12.3. The van der Waals surface area contributed by atoms with Gasteiger partial charge in [-0.15, -0.1) is 0 Å². The molecule has 4 rings (SSSR count). The molecule has 0 spiro atoms. The van der Waals surface area contributed by atoms with Crippen molar-refractivity contribution in [3.8, 4) is 0 Å². The third-order valence-electron chi connectivity index (χ3n) is 7.32. The van der Waals surface area contributed by atoms with Crippen molar-refractivity contribution in [1.29, 1.82) is 0 Å². The Morgan fingerprint density at radius 1 is 0.897 bits per heavy atom. The highest BCUT2D eigenvalue weighted by Crippen LogP contribution is 2.73. The molecule has 0 aromatic carbocycles. The SMILES string of the molecule is CCCCCCCCCCCCCCOCC12CCC(O1)C13OC21C(=O)OC3=O. The van der Waals surface area contributed by atoms with E-state index in [1.165, 1.54) is 70.6 Å². The van der Waals surface area contributed by atoms with Crippen LogP contribution in [0.15, 0.2) is 0 Å². The van der Waals surface area contributed by atoms with E-state index in [-0.39, 0.29) is 6.10 Å². The van der Waals surface area contributed by atoms with E-state index < -0.39 is 28.7 Å². The Kier molecular flexibility index (Phi) is 6.33. The van der Waals surface area contributed by atoms with Crippen LogP contribution in [0.25, 0.3) is 0 Å². The van der Waals surface area contributed by atoms with E-state index in [1.54, 1.807) is 0 Å². The number of hydrogen-bond donors (Lipinski definition) is 0. The number of epoxide rings is 1. The minimum Gasteiger partial charge on any atom is -0.388 e. The molecule has 0 aliphatic carbocycles. The van der Waals surface area contributed by atoms with Gasteiger partial charge in [-0.3, -0.25) is 0 Å². The van der Waals surface area contributed by atoms with Crippen LogP contribution in [-0.4, -0.2) is 48.1 Å². The number of rotatable bonds is 15. The van der Waals surface area contributed by atoms with Gasteiger partial charge in [-0.1, -0.05) is 77.6 Å². The average Bonchev–Trinajstić information content (AvgIpc) is 3.12. The number of cyclic esters (lactones) is 2. The van der Waals surface area contributed by atoms with Crippen molar-refractivity contribution in [3.05, 3.63) is 0 Å². The molecule has 4 aliphatic heterocycles. The van der Waals surface area contributed by atoms with Gasteiger partial charge in [0.25, 0.3) is 0 Å². The zero-order valence-electron chi connectivity index (χ0n) is 17.8. The fourth-order valence-corrected chi connectivity index (χ4v) is 5.66. The fourth-order valence-electron chi connectivity index (χ4n) is 5.66. The van der Waals surface area contributed by atoms with Crippen molar-refractivity contribution < 1.29 is 28.5 Å². The van der Waals surface area contributed by atoms with Crippen LogP contribution in [0.5, 0.6) is 0 Å². The van der Waals surface area contributed by atoms with E-state index in [0.29, 0.717) is 26.1 Å². The van der Waals surface area contributed by atoms with E-state index in [2.05, 4.69) is 6.92 Å². The predicted octanol–water partition coefficient (Wildman–Crippen LogP) is 4.23. The first-order valence-corrected chi connectivity index (χ1v) is 11.9. The highest BCUT2D eigenvalue weighted by molar-refractivity contribution is 6.12. The molecule has 29 heavy (non-hydrogen) atoms. The van der Waals surface area contributed by atoms with Crippen LogP contribution < -0.4 is 0 Å². The molecule has 4 atom stereocenters. The summed E-state index contributed by atoms with van der Waals surface area (Å²) in [5, 5.41) is 0. The van der Waals surface area contributed by atoms with Gasteiger partial charge in [0, 0.05) is 6.61 Å². The van der Waals surface area contributed by atoms with Crippen molar-refractivity contribution in [2.24, 2.45) is 0 Å². The molecule has 0 radical (unpaired) electrons. The molecule has 4 fully saturated rings. The third-order valence-corrected chi connectivity index (χ3v) is 7.32. The smallest absolute Gasteiger partial charge is 0.353 e. The number of fused-ring (bicyclic) bond motifs is 2. The first kappa shape index (κ1) is 21.3. The van der Waals surface area contributed by atoms with Crippen LogP contribution in [0.4, 0.5) is 0 Å². The van der Waals surface area contributed by atoms with Gasteiger partial charge in [0.05, 0.1) is 6.61 Å². The van der Waals surface area contributed by atoms with Gasteiger partial charge in [-0.2, -0.15) is 0 Å². The second-order valence-electron chi connectivity index (χ2n) is 9.28. The molecule has 0 aromatic heterocycles. The minimum absolute atomic E-state index is 0.297. The number of carbonyl (C=O) groups is 2. The summed E-state index contributed by atoms with van der Waals surface area (Å²) in [5.41, 5.74) is -3.23. The second kappa shape index (κ2) is 8.64. The lowest BCUT2D eigenvalue weighted by atomic mass is 9.73. The highest BCUT2D eigenvalue weighted by Gasteiger charge is 3.01. The summed E-state index contributed by atoms with van der Waals surface area (Å²) in [5.74, 6) is -1.16. The molecule has 4 saturated heterocycles. The number of unbranched alkanes of at least 4 members (excludes halogenated alkanes) is 11. The van der Waals surface area contributed by atoms with Gasteiger partial charge in [-0.05, 0) is 19.3 Å². The molecular weight excluding hydrogens is 372 g/mol. The largest absolute Gasteiger partial charge is 0.388 e. The fraction of sp³-hybridized carbons (Fsp3) is 0.913. The zero-order valence-corrected chi connectivity index (χ0v) is 17.8. The molecule has 4 unspecified atom stereocenters. The van der Waals surface area contributed by atoms with Crippen molar-refractivity contribution in [3.63, 3.8) is 0 Å². The lowest BCUT2D eigenvalue weighted by Gasteiger charge is -2.29. The van der Waals surface area contributed by atoms with E-state index >= 15 is 0 Å². The van der Waals surface area contributed by atoms with Crippen LogP contribution in [0.1, 0.15) is 96.8 Å². The summed E-state index contributed by atoms with van der Waals surface area (Å²) >= 11 is 0. The van der Waals surface area contributed by atoms with Gasteiger partial charge >= 0.3 is 11.9 Å². The van der Waals surface area contributed by atoms with Gasteiger partial charge in [0.15, 0.2) is 0 Å². The van der Waals surface area contributed by atoms with Crippen LogP contribution >= 0.6 is 0 Å². The number of carbonyl (C=O) groups excluding carboxylic acids is 2. The summed E-state index contributed by atoms with van der Waals surface area (Å²) < 4.78 is 22.5. The number of ether oxygens (including phenoxy) is 4. The van der Waals surface area contributed by atoms with E-state index in [9.17, 15) is 9.59 Å². The quantitative estimate of drug-likeness (QED) is 0.175. The lowest BCUT2D eigenvalue weighted by Crippen LogP contribution is -2.52. The molecule has 6 nitrogen and oxygen atoms in total. The Labute approximate surface area is 174 Å². The molecule has 0 amide bonds. The topological polar surface area (TPSA) is 74.4 Å². The van der Waals surface area contributed by atoms with E-state index in [4.69, 9.17) is 18.9 Å². The van der Waals surface area contributed by atoms with Crippen molar-refractivity contribution in [2.75, 3.05) is 13.2 Å². The monoisotopic (exact) mass is 408 g/mol. The summed E-state index contributed by atoms with van der Waals surface area (Å²) in [4.78, 5) is 24.3. The Balaban J connectivity index is 1.05. The van der Waals surface area contributed by atoms with E-state index in [0.717, 1.165) is 6.42 Å². The molecular formula is C23H36O6. The standard InChI is InChI=1S/C23H36O6/c1-2-3-4-5-6-7-8-9-10-11-12-13-16-26-17-21-15-14-18(28-21)22-19(24)27-20(25)23(21,22)29-22/h18H,2-17H2,1H3. The molecule has 0 N–H and O–H groups in total. The molecule has 0 aromatic rings. The summed E-state index contributed by atoms with van der Waals surface area (Å²) in [6.45, 7) is 3.21. The Morgan fingerprint density at radius 2 is 1.52 bits per heavy atom. The minimum atomic E-state index is -1.23. The molecule has 164 valence electrons. The Bertz CT molecular complexity index is 620. The van der Waals surface area contributed by atoms with Gasteiger partial charge in [0.1, 0.15) is 11.7 Å². The van der Waals surface area contributed by atoms with Crippen LogP contribution in [0.2, 0.25) is 0 Å². The first-order chi connectivity index (χ1) is 14.1. The first-order valence-electron chi connectivity index (χ1n) is 11.9. The van der Waals surface area contributed by atoms with Crippen molar-refractivity contribution >= 4 is 11.9 Å². The summed E-state index contributed by atoms with van der Waals surface area (Å²) in [7, 11) is 0. The Hall–Kier alpha value is -0.980. The van der Waals surface area contributed by atoms with E-state index in [1.807, 2.05) is 0 Å². The molecule has 4 aliphatic rings. The lowest BCUT2D eigenvalue weighted by molar-refractivity contribution is -0.188. The molecule has 0 saturated carbocycles. The Morgan fingerprint density at radius 3 is 2.17 bits per heavy atom. The molecule has 4 heterocycles. The third kappa shape index (κ3) is 3.35. The van der Waals surface area contributed by atoms with Gasteiger partial charge < -0.3 is 18.9 Å². The zero-order chi connectivity index (χ0) is 20.4. The number of hydrogen-bond acceptors (Lipinski definition) is 6. The summed E-state index contributed by atoms with van der Waals surface area (Å²) in [6.07, 6.45) is 16.7. The predicted molar refractivity (Wildman–Crippen MR) is 106 cm³/mol. The van der Waals surface area contributed by atoms with Crippen LogP contribution in [0.3, 0.4) is 0 Å². The van der Waals surface area contributed by atoms with Crippen molar-refractivity contribution in [1.82, 2.24) is 0 Å². The maximum absolute atomic E-state index is 12.3. The van der Waals surface area contributed by atoms with Crippen LogP contribution in [0, 0.1) is 0 Å². The highest BCUT2D eigenvalue weighted by atomic mass is 16.8. The average molecular weight is 409 g/mol.